The molecule has 4 heteroatoms. The summed E-state index contributed by atoms with van der Waals surface area (Å²) in [7, 11) is -5.50. The molecule has 12 aromatic carbocycles. The van der Waals surface area contributed by atoms with Crippen LogP contribution in [0.4, 0.5) is 0 Å². The standard InChI is InChI=1S/C72H50N2Si2/c1-6-25-54(26-7-1)75(55-27-8-2-9-28-55,56-29-10-3-11-30-56)59-35-22-24-53(50-59)73-66-40-20-17-38-64(66)72-67(73)41-23-42-68(72)74-65-39-19-16-36-60(65)61-46-44-51(48-69(61)74)52-45-47-63-62-37-18-21-43-70(62)76(71(63)49-52,57-31-12-4-13-32-57)58-33-14-5-15-34-58/h1-50H. The van der Waals surface area contributed by atoms with Crippen molar-refractivity contribution < 1.29 is 0 Å². The number of aromatic nitrogens is 2. The van der Waals surface area contributed by atoms with Gasteiger partial charge in [0.1, 0.15) is 0 Å². The van der Waals surface area contributed by atoms with Crippen LogP contribution in [0.25, 0.3) is 77.2 Å². The van der Waals surface area contributed by atoms with Gasteiger partial charge in [-0.2, -0.15) is 0 Å². The summed E-state index contributed by atoms with van der Waals surface area (Å²) in [4.78, 5) is 0. The topological polar surface area (TPSA) is 9.86 Å². The third-order valence-corrected chi connectivity index (χ3v) is 26.2. The first-order chi connectivity index (χ1) is 37.7. The minimum atomic E-state index is -2.81. The van der Waals surface area contributed by atoms with E-state index in [1.165, 1.54) is 107 Å². The van der Waals surface area contributed by atoms with Crippen molar-refractivity contribution in [3.8, 4) is 33.6 Å². The Morgan fingerprint density at radius 3 is 1.41 bits per heavy atom. The lowest BCUT2D eigenvalue weighted by Gasteiger charge is -2.34. The smallest absolute Gasteiger partial charge is 0.180 e. The Bertz CT molecular complexity index is 4370. The third kappa shape index (κ3) is 6.45. The highest BCUT2D eigenvalue weighted by molar-refractivity contribution is 7.22. The average molecular weight is 999 g/mol. The Labute approximate surface area is 444 Å². The van der Waals surface area contributed by atoms with Gasteiger partial charge in [0.25, 0.3) is 0 Å². The molecule has 0 amide bonds. The van der Waals surface area contributed by atoms with Gasteiger partial charge in [-0.25, -0.2) is 0 Å². The van der Waals surface area contributed by atoms with Crippen LogP contribution in [0, 0.1) is 0 Å². The van der Waals surface area contributed by atoms with Gasteiger partial charge in [-0.3, -0.25) is 0 Å². The first kappa shape index (κ1) is 44.2. The summed E-state index contributed by atoms with van der Waals surface area (Å²) in [5, 5.41) is 16.1. The summed E-state index contributed by atoms with van der Waals surface area (Å²) in [6.45, 7) is 0. The number of nitrogens with zero attached hydrogens (tertiary/aromatic N) is 2. The predicted octanol–water partition coefficient (Wildman–Crippen LogP) is 12.3. The van der Waals surface area contributed by atoms with Gasteiger partial charge in [-0.05, 0) is 106 Å². The van der Waals surface area contributed by atoms with Gasteiger partial charge in [0.15, 0.2) is 16.1 Å². The minimum absolute atomic E-state index is 1.15. The van der Waals surface area contributed by atoms with E-state index in [-0.39, 0.29) is 0 Å². The van der Waals surface area contributed by atoms with E-state index in [2.05, 4.69) is 312 Å². The van der Waals surface area contributed by atoms with Gasteiger partial charge < -0.3 is 9.13 Å². The zero-order chi connectivity index (χ0) is 50.2. The van der Waals surface area contributed by atoms with Crippen molar-refractivity contribution in [1.82, 2.24) is 9.13 Å². The molecule has 76 heavy (non-hydrogen) atoms. The molecular formula is C72H50N2Si2. The van der Waals surface area contributed by atoms with E-state index in [0.717, 1.165) is 11.4 Å². The third-order valence-electron chi connectivity index (χ3n) is 16.5. The second kappa shape index (κ2) is 17.7. The highest BCUT2D eigenvalue weighted by Gasteiger charge is 2.48. The minimum Gasteiger partial charge on any atom is -0.309 e. The quantitative estimate of drug-likeness (QED) is 0.101. The zero-order valence-electron chi connectivity index (χ0n) is 41.8. The summed E-state index contributed by atoms with van der Waals surface area (Å²) < 4.78 is 5.05. The molecule has 2 nitrogen and oxygen atoms in total. The van der Waals surface area contributed by atoms with Crippen molar-refractivity contribution in [3.63, 3.8) is 0 Å². The van der Waals surface area contributed by atoms with Crippen LogP contribution in [0.15, 0.2) is 303 Å². The molecule has 0 spiro atoms. The van der Waals surface area contributed by atoms with Crippen molar-refractivity contribution in [2.45, 2.75) is 0 Å². The van der Waals surface area contributed by atoms with Crippen molar-refractivity contribution in [2.24, 2.45) is 0 Å². The normalized spacial score (nSPS) is 12.8. The lowest BCUT2D eigenvalue weighted by Crippen LogP contribution is -2.74. The number of rotatable bonds is 9. The van der Waals surface area contributed by atoms with Crippen LogP contribution in [-0.4, -0.2) is 25.3 Å². The summed E-state index contributed by atoms with van der Waals surface area (Å²) in [6, 6.07) is 114. The van der Waals surface area contributed by atoms with E-state index in [1.807, 2.05) is 0 Å². The fraction of sp³-hybridized carbons (Fsp3) is 0. The monoisotopic (exact) mass is 998 g/mol. The van der Waals surface area contributed by atoms with Crippen LogP contribution in [0.3, 0.4) is 0 Å². The van der Waals surface area contributed by atoms with Gasteiger partial charge in [0, 0.05) is 27.2 Å². The van der Waals surface area contributed by atoms with Crippen molar-refractivity contribution in [2.75, 3.05) is 0 Å². The van der Waals surface area contributed by atoms with E-state index >= 15 is 0 Å². The van der Waals surface area contributed by atoms with Gasteiger partial charge >= 0.3 is 0 Å². The maximum Gasteiger partial charge on any atom is 0.180 e. The summed E-state index contributed by atoms with van der Waals surface area (Å²) in [5.74, 6) is 0. The molecule has 0 radical (unpaired) electrons. The van der Waals surface area contributed by atoms with Crippen LogP contribution >= 0.6 is 0 Å². The van der Waals surface area contributed by atoms with Crippen molar-refractivity contribution in [1.29, 1.82) is 0 Å². The second-order valence-electron chi connectivity index (χ2n) is 20.3. The summed E-state index contributed by atoms with van der Waals surface area (Å²) in [5.41, 5.74) is 12.2. The maximum atomic E-state index is 2.54. The molecule has 0 saturated carbocycles. The molecule has 1 aliphatic heterocycles. The Morgan fingerprint density at radius 1 is 0.276 bits per heavy atom. The van der Waals surface area contributed by atoms with Crippen molar-refractivity contribution in [3.05, 3.63) is 303 Å². The molecule has 3 heterocycles. The highest BCUT2D eigenvalue weighted by Crippen LogP contribution is 2.41. The van der Waals surface area contributed by atoms with E-state index in [1.54, 1.807) is 0 Å². The van der Waals surface area contributed by atoms with Crippen LogP contribution in [0.2, 0.25) is 0 Å². The average Bonchev–Trinajstić information content (AvgIpc) is 4.29. The SMILES string of the molecule is c1ccc([Si](c2ccccc2)(c2ccccc2)c2cccc(-n3c4ccccc4c4c(-n5c6ccccc6c6ccc(-c7ccc8c(c7)[Si](c7ccccc7)(c7ccccc7)c7ccccc7-8)cc65)cccc43)c2)cc1. The molecule has 2 aromatic heterocycles. The lowest BCUT2D eigenvalue weighted by molar-refractivity contribution is 1.17. The van der Waals surface area contributed by atoms with Gasteiger partial charge in [-0.1, -0.05) is 261 Å². The van der Waals surface area contributed by atoms with E-state index in [9.17, 15) is 0 Å². The Hall–Kier alpha value is -9.33. The number of hydrogen-bond donors (Lipinski definition) is 0. The molecule has 15 rings (SSSR count). The van der Waals surface area contributed by atoms with Gasteiger partial charge in [-0.15, -0.1) is 0 Å². The second-order valence-corrected chi connectivity index (χ2v) is 27.8. The molecule has 0 N–H and O–H groups in total. The molecular weight excluding hydrogens is 949 g/mol. The molecule has 0 aliphatic carbocycles. The number of hydrogen-bond acceptors (Lipinski definition) is 0. The van der Waals surface area contributed by atoms with Crippen LogP contribution < -0.4 is 41.5 Å². The summed E-state index contributed by atoms with van der Waals surface area (Å²) >= 11 is 0. The molecule has 0 fully saturated rings. The molecule has 0 atom stereocenters. The first-order valence-corrected chi connectivity index (χ1v) is 30.4. The first-order valence-electron chi connectivity index (χ1n) is 26.4. The van der Waals surface area contributed by atoms with Crippen molar-refractivity contribution >= 4 is 101 Å². The van der Waals surface area contributed by atoms with Gasteiger partial charge in [0.05, 0.1) is 27.8 Å². The molecule has 1 aliphatic rings. The van der Waals surface area contributed by atoms with Crippen LogP contribution in [-0.2, 0) is 0 Å². The molecule has 0 unspecified atom stereocenters. The Balaban J connectivity index is 0.946. The summed E-state index contributed by atoms with van der Waals surface area (Å²) in [6.07, 6.45) is 0. The maximum absolute atomic E-state index is 2.81. The van der Waals surface area contributed by atoms with Gasteiger partial charge in [0.2, 0.25) is 0 Å². The predicted molar refractivity (Wildman–Crippen MR) is 327 cm³/mol. The van der Waals surface area contributed by atoms with E-state index < -0.39 is 16.1 Å². The number of benzene rings is 12. The molecule has 0 saturated heterocycles. The Kier molecular flexibility index (Phi) is 10.3. The largest absolute Gasteiger partial charge is 0.309 e. The zero-order valence-corrected chi connectivity index (χ0v) is 43.8. The molecule has 356 valence electrons. The lowest BCUT2D eigenvalue weighted by atomic mass is 9.99. The fourth-order valence-electron chi connectivity index (χ4n) is 13.4. The van der Waals surface area contributed by atoms with Crippen LogP contribution in [0.5, 0.6) is 0 Å². The Morgan fingerprint density at radius 2 is 0.750 bits per heavy atom. The fourth-order valence-corrected chi connectivity index (χ4v) is 23.4. The number of fused-ring (bicyclic) bond motifs is 9. The number of para-hydroxylation sites is 2. The van der Waals surface area contributed by atoms with E-state index in [4.69, 9.17) is 0 Å². The molecule has 14 aromatic rings. The van der Waals surface area contributed by atoms with Crippen LogP contribution in [0.1, 0.15) is 0 Å². The molecule has 0 bridgehead atoms. The highest BCUT2D eigenvalue weighted by atomic mass is 28.3. The van der Waals surface area contributed by atoms with E-state index in [0.29, 0.717) is 0 Å².